The Morgan fingerprint density at radius 1 is 1.38 bits per heavy atom. The number of benzene rings is 1. The average molecular weight is 218 g/mol. The van der Waals surface area contributed by atoms with Gasteiger partial charge in [0.15, 0.2) is 0 Å². The van der Waals surface area contributed by atoms with Gasteiger partial charge in [0.2, 0.25) is 5.91 Å². The van der Waals surface area contributed by atoms with E-state index in [0.29, 0.717) is 6.04 Å². The molecule has 1 unspecified atom stereocenters. The quantitative estimate of drug-likeness (QED) is 0.812. The summed E-state index contributed by atoms with van der Waals surface area (Å²) in [5.74, 6) is 0.0428. The molecule has 1 saturated carbocycles. The Morgan fingerprint density at radius 3 is 2.69 bits per heavy atom. The summed E-state index contributed by atoms with van der Waals surface area (Å²) in [6, 6.07) is 8.26. The molecule has 0 aliphatic heterocycles. The Bertz CT molecular complexity index is 385. The van der Waals surface area contributed by atoms with Gasteiger partial charge >= 0.3 is 0 Å². The van der Waals surface area contributed by atoms with E-state index in [-0.39, 0.29) is 11.9 Å². The highest BCUT2D eigenvalue weighted by Gasteiger charge is 2.25. The maximum absolute atomic E-state index is 11.9. The minimum Gasteiger partial charge on any atom is -0.324 e. The highest BCUT2D eigenvalue weighted by Crippen LogP contribution is 2.20. The largest absolute Gasteiger partial charge is 0.324 e. The van der Waals surface area contributed by atoms with Crippen LogP contribution >= 0.6 is 0 Å². The van der Waals surface area contributed by atoms with Crippen LogP contribution in [0.15, 0.2) is 24.3 Å². The summed E-state index contributed by atoms with van der Waals surface area (Å²) in [5, 5.41) is 6.22. The van der Waals surface area contributed by atoms with E-state index in [1.54, 1.807) is 0 Å². The molecule has 1 aliphatic rings. The lowest BCUT2D eigenvalue weighted by molar-refractivity contribution is -0.117. The van der Waals surface area contributed by atoms with E-state index in [9.17, 15) is 4.79 Å². The molecule has 0 saturated heterocycles. The summed E-state index contributed by atoms with van der Waals surface area (Å²) in [5.41, 5.74) is 1.99. The van der Waals surface area contributed by atoms with Gasteiger partial charge in [-0.1, -0.05) is 18.2 Å². The van der Waals surface area contributed by atoms with Crippen molar-refractivity contribution in [2.45, 2.75) is 38.8 Å². The third-order valence-electron chi connectivity index (χ3n) is 2.86. The van der Waals surface area contributed by atoms with Gasteiger partial charge in [0.1, 0.15) is 0 Å². The van der Waals surface area contributed by atoms with Crippen molar-refractivity contribution in [1.29, 1.82) is 0 Å². The minimum atomic E-state index is -0.118. The summed E-state index contributed by atoms with van der Waals surface area (Å²) in [7, 11) is 0. The van der Waals surface area contributed by atoms with Crippen LogP contribution in [0.25, 0.3) is 0 Å². The summed E-state index contributed by atoms with van der Waals surface area (Å²) >= 11 is 0. The lowest BCUT2D eigenvalue weighted by Gasteiger charge is -2.14. The SMILES string of the molecule is Cc1ccccc1NC(=O)C(C)NC1CC1. The second-order valence-corrected chi connectivity index (χ2v) is 4.47. The molecule has 0 heterocycles. The number of para-hydroxylation sites is 1. The van der Waals surface area contributed by atoms with E-state index >= 15 is 0 Å². The van der Waals surface area contributed by atoms with E-state index in [2.05, 4.69) is 10.6 Å². The van der Waals surface area contributed by atoms with Crippen molar-refractivity contribution in [3.63, 3.8) is 0 Å². The number of hydrogen-bond donors (Lipinski definition) is 2. The molecule has 1 atom stereocenters. The first-order valence-electron chi connectivity index (χ1n) is 5.79. The van der Waals surface area contributed by atoms with Crippen molar-refractivity contribution in [2.24, 2.45) is 0 Å². The zero-order valence-electron chi connectivity index (χ0n) is 9.79. The molecule has 3 nitrogen and oxygen atoms in total. The van der Waals surface area contributed by atoms with Crippen LogP contribution in [-0.4, -0.2) is 18.0 Å². The fraction of sp³-hybridized carbons (Fsp3) is 0.462. The Balaban J connectivity index is 1.93. The summed E-state index contributed by atoms with van der Waals surface area (Å²) < 4.78 is 0. The highest BCUT2D eigenvalue weighted by molar-refractivity contribution is 5.95. The fourth-order valence-electron chi connectivity index (χ4n) is 1.63. The van der Waals surface area contributed by atoms with Gasteiger partial charge in [0, 0.05) is 11.7 Å². The Morgan fingerprint density at radius 2 is 2.06 bits per heavy atom. The van der Waals surface area contributed by atoms with Gasteiger partial charge in [-0.25, -0.2) is 0 Å². The van der Waals surface area contributed by atoms with E-state index in [1.807, 2.05) is 38.1 Å². The fourth-order valence-corrected chi connectivity index (χ4v) is 1.63. The van der Waals surface area contributed by atoms with Crippen LogP contribution in [0.3, 0.4) is 0 Å². The molecule has 0 bridgehead atoms. The zero-order valence-corrected chi connectivity index (χ0v) is 9.79. The first-order chi connectivity index (χ1) is 7.66. The minimum absolute atomic E-state index is 0.0428. The molecule has 3 heteroatoms. The molecule has 0 spiro atoms. The van der Waals surface area contributed by atoms with Crippen molar-refractivity contribution in [1.82, 2.24) is 5.32 Å². The molecule has 1 amide bonds. The van der Waals surface area contributed by atoms with Crippen LogP contribution in [-0.2, 0) is 4.79 Å². The van der Waals surface area contributed by atoms with Gasteiger partial charge in [0.25, 0.3) is 0 Å². The predicted octanol–water partition coefficient (Wildman–Crippen LogP) is 2.07. The maximum Gasteiger partial charge on any atom is 0.241 e. The van der Waals surface area contributed by atoms with E-state index < -0.39 is 0 Å². The van der Waals surface area contributed by atoms with Crippen LogP contribution in [0, 0.1) is 6.92 Å². The smallest absolute Gasteiger partial charge is 0.241 e. The number of nitrogens with one attached hydrogen (secondary N) is 2. The number of carbonyl (C=O) groups excluding carboxylic acids is 1. The lowest BCUT2D eigenvalue weighted by atomic mass is 10.2. The van der Waals surface area contributed by atoms with Crippen molar-refractivity contribution in [3.8, 4) is 0 Å². The van der Waals surface area contributed by atoms with Gasteiger partial charge in [0.05, 0.1) is 6.04 Å². The summed E-state index contributed by atoms with van der Waals surface area (Å²) in [4.78, 5) is 11.9. The third kappa shape index (κ3) is 2.83. The monoisotopic (exact) mass is 218 g/mol. The molecule has 2 N–H and O–H groups in total. The van der Waals surface area contributed by atoms with E-state index in [0.717, 1.165) is 11.3 Å². The molecule has 1 aromatic rings. The summed E-state index contributed by atoms with van der Waals surface area (Å²) in [6.07, 6.45) is 2.39. The first-order valence-corrected chi connectivity index (χ1v) is 5.79. The predicted molar refractivity (Wildman–Crippen MR) is 65.4 cm³/mol. The zero-order chi connectivity index (χ0) is 11.5. The van der Waals surface area contributed by atoms with Gasteiger partial charge in [-0.2, -0.15) is 0 Å². The van der Waals surface area contributed by atoms with E-state index in [4.69, 9.17) is 0 Å². The standard InChI is InChI=1S/C13H18N2O/c1-9-5-3-4-6-12(9)15-13(16)10(2)14-11-7-8-11/h3-6,10-11,14H,7-8H2,1-2H3,(H,15,16). The molecular weight excluding hydrogens is 200 g/mol. The number of hydrogen-bond acceptors (Lipinski definition) is 2. The van der Waals surface area contributed by atoms with Crippen LogP contribution < -0.4 is 10.6 Å². The maximum atomic E-state index is 11.9. The van der Waals surface area contributed by atoms with Crippen molar-refractivity contribution < 1.29 is 4.79 Å². The molecule has 1 aromatic carbocycles. The number of amides is 1. The third-order valence-corrected chi connectivity index (χ3v) is 2.86. The van der Waals surface area contributed by atoms with Crippen molar-refractivity contribution >= 4 is 11.6 Å². The molecule has 1 fully saturated rings. The molecule has 1 aliphatic carbocycles. The number of rotatable bonds is 4. The van der Waals surface area contributed by atoms with Crippen LogP contribution in [0.2, 0.25) is 0 Å². The number of anilines is 1. The van der Waals surface area contributed by atoms with Crippen LogP contribution in [0.1, 0.15) is 25.3 Å². The molecule has 2 rings (SSSR count). The van der Waals surface area contributed by atoms with Gasteiger partial charge in [-0.3, -0.25) is 4.79 Å². The molecule has 0 aromatic heterocycles. The molecule has 0 radical (unpaired) electrons. The second kappa shape index (κ2) is 4.66. The molecule has 16 heavy (non-hydrogen) atoms. The average Bonchev–Trinajstić information content (AvgIpc) is 3.05. The molecular formula is C13H18N2O. The highest BCUT2D eigenvalue weighted by atomic mass is 16.2. The van der Waals surface area contributed by atoms with Crippen molar-refractivity contribution in [2.75, 3.05) is 5.32 Å². The van der Waals surface area contributed by atoms with Crippen LogP contribution in [0.4, 0.5) is 5.69 Å². The van der Waals surface area contributed by atoms with E-state index in [1.165, 1.54) is 12.8 Å². The Labute approximate surface area is 96.2 Å². The normalized spacial score (nSPS) is 16.9. The number of aryl methyl sites for hydroxylation is 1. The summed E-state index contributed by atoms with van der Waals surface area (Å²) in [6.45, 7) is 3.90. The Kier molecular flexibility index (Phi) is 3.25. The molecule has 86 valence electrons. The lowest BCUT2D eigenvalue weighted by Crippen LogP contribution is -2.39. The van der Waals surface area contributed by atoms with Crippen LogP contribution in [0.5, 0.6) is 0 Å². The van der Waals surface area contributed by atoms with Gasteiger partial charge < -0.3 is 10.6 Å². The number of carbonyl (C=O) groups is 1. The second-order valence-electron chi connectivity index (χ2n) is 4.47. The topological polar surface area (TPSA) is 41.1 Å². The van der Waals surface area contributed by atoms with Gasteiger partial charge in [-0.05, 0) is 38.3 Å². The van der Waals surface area contributed by atoms with Gasteiger partial charge in [-0.15, -0.1) is 0 Å². The first kappa shape index (κ1) is 11.1. The Hall–Kier alpha value is -1.35. The van der Waals surface area contributed by atoms with Crippen molar-refractivity contribution in [3.05, 3.63) is 29.8 Å².